The maximum absolute atomic E-state index is 13.3. The molecule has 0 fully saturated rings. The Morgan fingerprint density at radius 3 is 2.25 bits per heavy atom. The lowest BCUT2D eigenvalue weighted by Gasteiger charge is -2.10. The van der Waals surface area contributed by atoms with Gasteiger partial charge in [0.05, 0.1) is 16.3 Å². The van der Waals surface area contributed by atoms with Gasteiger partial charge in [-0.15, -0.1) is 0 Å². The molecule has 2 aromatic heterocycles. The van der Waals surface area contributed by atoms with Crippen LogP contribution in [0.4, 0.5) is 18.0 Å². The highest BCUT2D eigenvalue weighted by Crippen LogP contribution is 2.33. The molecule has 4 rings (SSSR count). The Bertz CT molecular complexity index is 1440. The summed E-state index contributed by atoms with van der Waals surface area (Å²) < 4.78 is 67.5. The summed E-state index contributed by atoms with van der Waals surface area (Å²) in [4.78, 5) is 15.6. The third-order valence-electron chi connectivity index (χ3n) is 5.14. The molecule has 12 heteroatoms. The zero-order valence-electron chi connectivity index (χ0n) is 18.6. The highest BCUT2D eigenvalue weighted by Gasteiger charge is 2.35. The first-order valence-electron chi connectivity index (χ1n) is 10.7. The molecule has 0 aliphatic rings. The lowest BCUT2D eigenvalue weighted by atomic mass is 10.1. The number of aromatic nitrogens is 3. The number of nitrogens with one attached hydrogen (secondary N) is 2. The lowest BCUT2D eigenvalue weighted by molar-refractivity contribution is -0.141. The second kappa shape index (κ2) is 10.2. The number of nitrogens with zero attached hydrogens (tertiary/aromatic N) is 3. The summed E-state index contributed by atoms with van der Waals surface area (Å²) >= 11 is 0. The molecule has 0 aliphatic heterocycles. The van der Waals surface area contributed by atoms with Crippen LogP contribution in [0.5, 0.6) is 0 Å². The molecule has 0 unspecified atom stereocenters. The molecule has 0 saturated carbocycles. The third kappa shape index (κ3) is 5.89. The van der Waals surface area contributed by atoms with E-state index in [1.165, 1.54) is 29.2 Å². The molecule has 4 aromatic rings. The van der Waals surface area contributed by atoms with Crippen molar-refractivity contribution in [2.24, 2.45) is 0 Å². The number of pyridine rings is 1. The van der Waals surface area contributed by atoms with Gasteiger partial charge in [0.2, 0.25) is 0 Å². The van der Waals surface area contributed by atoms with E-state index in [2.05, 4.69) is 15.4 Å². The summed E-state index contributed by atoms with van der Waals surface area (Å²) in [7, 11) is -4.02. The number of sulfonamides is 1. The van der Waals surface area contributed by atoms with Crippen LogP contribution in [0.15, 0.2) is 90.1 Å². The van der Waals surface area contributed by atoms with Crippen molar-refractivity contribution in [1.29, 1.82) is 0 Å². The molecule has 8 nitrogen and oxygen atoms in total. The Hall–Kier alpha value is -4.19. The molecule has 186 valence electrons. The highest BCUT2D eigenvalue weighted by atomic mass is 32.2. The van der Waals surface area contributed by atoms with Crippen LogP contribution in [-0.4, -0.2) is 35.8 Å². The number of hydrogen-bond donors (Lipinski definition) is 2. The molecule has 0 saturated heterocycles. The van der Waals surface area contributed by atoms with Gasteiger partial charge in [-0.1, -0.05) is 42.5 Å². The maximum Gasteiger partial charge on any atom is 0.435 e. The van der Waals surface area contributed by atoms with Gasteiger partial charge in [-0.2, -0.15) is 18.3 Å². The monoisotopic (exact) mass is 515 g/mol. The van der Waals surface area contributed by atoms with Crippen molar-refractivity contribution in [3.8, 4) is 16.9 Å². The second-order valence-corrected chi connectivity index (χ2v) is 9.33. The Kier molecular flexibility index (Phi) is 7.06. The zero-order valence-corrected chi connectivity index (χ0v) is 19.4. The van der Waals surface area contributed by atoms with Crippen molar-refractivity contribution < 1.29 is 26.4 Å². The van der Waals surface area contributed by atoms with Gasteiger partial charge < -0.3 is 5.32 Å². The van der Waals surface area contributed by atoms with E-state index in [1.807, 2.05) is 4.72 Å². The van der Waals surface area contributed by atoms with Gasteiger partial charge in [-0.3, -0.25) is 4.98 Å². The first-order valence-corrected chi connectivity index (χ1v) is 12.1. The largest absolute Gasteiger partial charge is 0.435 e. The van der Waals surface area contributed by atoms with Crippen LogP contribution in [0.2, 0.25) is 0 Å². The topological polar surface area (TPSA) is 106 Å². The van der Waals surface area contributed by atoms with Crippen molar-refractivity contribution >= 4 is 16.1 Å². The van der Waals surface area contributed by atoms with Gasteiger partial charge in [0.15, 0.2) is 5.69 Å². The number of hydrogen-bond acceptors (Lipinski definition) is 5. The Labute approximate surface area is 204 Å². The summed E-state index contributed by atoms with van der Waals surface area (Å²) in [6, 6.07) is 17.9. The molecule has 0 aliphatic carbocycles. The second-order valence-electron chi connectivity index (χ2n) is 7.65. The van der Waals surface area contributed by atoms with Gasteiger partial charge in [0.1, 0.15) is 0 Å². The fourth-order valence-electron chi connectivity index (χ4n) is 3.39. The predicted octanol–water partition coefficient (Wildman–Crippen LogP) is 4.18. The molecule has 2 heterocycles. The average Bonchev–Trinajstić information content (AvgIpc) is 3.32. The molecular weight excluding hydrogens is 495 g/mol. The third-order valence-corrected chi connectivity index (χ3v) is 6.48. The number of halogens is 3. The number of rotatable bonds is 7. The van der Waals surface area contributed by atoms with Crippen LogP contribution in [0.25, 0.3) is 16.9 Å². The number of carbonyl (C=O) groups is 1. The Morgan fingerprint density at radius 2 is 1.61 bits per heavy atom. The maximum atomic E-state index is 13.3. The summed E-state index contributed by atoms with van der Waals surface area (Å²) in [5, 5.41) is 6.23. The van der Waals surface area contributed by atoms with Gasteiger partial charge in [-0.05, 0) is 42.3 Å². The minimum atomic E-state index is -4.59. The first kappa shape index (κ1) is 24.9. The summed E-state index contributed by atoms with van der Waals surface area (Å²) in [5.41, 5.74) is 1.09. The SMILES string of the molecule is O=C(NCCc1ccc(-n2nc(C(F)(F)F)cc2-c2ccccc2)cc1)NS(=O)(=O)c1ccncc1. The molecule has 2 N–H and O–H groups in total. The smallest absolute Gasteiger partial charge is 0.337 e. The number of alkyl halides is 3. The van der Waals surface area contributed by atoms with Crippen molar-refractivity contribution in [3.63, 3.8) is 0 Å². The summed E-state index contributed by atoms with van der Waals surface area (Å²) in [5.74, 6) is 0. The quantitative estimate of drug-likeness (QED) is 0.384. The van der Waals surface area contributed by atoms with E-state index >= 15 is 0 Å². The van der Waals surface area contributed by atoms with E-state index < -0.39 is 27.9 Å². The number of carbonyl (C=O) groups excluding carboxylic acids is 1. The first-order chi connectivity index (χ1) is 17.1. The van der Waals surface area contributed by atoms with Gasteiger partial charge >= 0.3 is 12.2 Å². The van der Waals surface area contributed by atoms with Crippen LogP contribution in [0.3, 0.4) is 0 Å². The Balaban J connectivity index is 1.42. The van der Waals surface area contributed by atoms with Crippen LogP contribution in [-0.2, 0) is 22.6 Å². The fraction of sp³-hybridized carbons (Fsp3) is 0.125. The number of urea groups is 1. The number of amides is 2. The highest BCUT2D eigenvalue weighted by molar-refractivity contribution is 7.90. The van der Waals surface area contributed by atoms with E-state index in [-0.39, 0.29) is 11.4 Å². The zero-order chi connectivity index (χ0) is 25.8. The van der Waals surface area contributed by atoms with Crippen LogP contribution in [0, 0.1) is 0 Å². The molecule has 0 bridgehead atoms. The van der Waals surface area contributed by atoms with E-state index in [0.717, 1.165) is 11.6 Å². The van der Waals surface area contributed by atoms with Crippen LogP contribution < -0.4 is 10.0 Å². The molecule has 0 radical (unpaired) electrons. The average molecular weight is 516 g/mol. The van der Waals surface area contributed by atoms with Crippen molar-refractivity contribution in [2.45, 2.75) is 17.5 Å². The number of benzene rings is 2. The lowest BCUT2D eigenvalue weighted by Crippen LogP contribution is -2.40. The van der Waals surface area contributed by atoms with Gasteiger partial charge in [0.25, 0.3) is 10.0 Å². The van der Waals surface area contributed by atoms with E-state index in [1.54, 1.807) is 54.6 Å². The minimum Gasteiger partial charge on any atom is -0.337 e. The fourth-order valence-corrected chi connectivity index (χ4v) is 4.30. The van der Waals surface area contributed by atoms with Crippen LogP contribution in [0.1, 0.15) is 11.3 Å². The normalized spacial score (nSPS) is 11.8. The van der Waals surface area contributed by atoms with Crippen LogP contribution >= 0.6 is 0 Å². The van der Waals surface area contributed by atoms with Gasteiger partial charge in [-0.25, -0.2) is 22.6 Å². The predicted molar refractivity (Wildman–Crippen MR) is 126 cm³/mol. The van der Waals surface area contributed by atoms with E-state index in [9.17, 15) is 26.4 Å². The standard InChI is InChI=1S/C24H20F3N5O3S/c25-24(26,27)22-16-21(18-4-2-1-3-5-18)32(30-22)19-8-6-17(7-9-19)10-15-29-23(33)31-36(34,35)20-11-13-28-14-12-20/h1-9,11-14,16H,10,15H2,(H2,29,31,33). The Morgan fingerprint density at radius 1 is 0.944 bits per heavy atom. The molecular formula is C24H20F3N5O3S. The summed E-state index contributed by atoms with van der Waals surface area (Å²) in [6.45, 7) is 0.131. The molecule has 36 heavy (non-hydrogen) atoms. The van der Waals surface area contributed by atoms with Gasteiger partial charge in [0, 0.05) is 24.5 Å². The molecule has 2 amide bonds. The minimum absolute atomic E-state index is 0.0922. The van der Waals surface area contributed by atoms with E-state index in [4.69, 9.17) is 0 Å². The van der Waals surface area contributed by atoms with E-state index in [0.29, 0.717) is 23.4 Å². The van der Waals surface area contributed by atoms with Crippen molar-refractivity contribution in [3.05, 3.63) is 96.4 Å². The van der Waals surface area contributed by atoms with Crippen molar-refractivity contribution in [2.75, 3.05) is 6.54 Å². The molecule has 0 spiro atoms. The summed E-state index contributed by atoms with van der Waals surface area (Å²) in [6.07, 6.45) is -1.63. The molecule has 2 aromatic carbocycles. The van der Waals surface area contributed by atoms with Crippen molar-refractivity contribution in [1.82, 2.24) is 24.8 Å². The molecule has 0 atom stereocenters.